The van der Waals surface area contributed by atoms with Gasteiger partial charge in [0.15, 0.2) is 0 Å². The quantitative estimate of drug-likeness (QED) is 0.140. The first-order valence-electron chi connectivity index (χ1n) is 14.5. The number of pyridine rings is 1. The van der Waals surface area contributed by atoms with Gasteiger partial charge in [0.2, 0.25) is 0 Å². The van der Waals surface area contributed by atoms with Gasteiger partial charge in [-0.2, -0.15) is 0 Å². The molecule has 7 heteroatoms. The van der Waals surface area contributed by atoms with Gasteiger partial charge in [-0.1, -0.05) is 121 Å². The van der Waals surface area contributed by atoms with E-state index in [0.29, 0.717) is 24.9 Å². The van der Waals surface area contributed by atoms with Gasteiger partial charge in [0.05, 0.1) is 5.56 Å². The molecule has 226 valence electrons. The summed E-state index contributed by atoms with van der Waals surface area (Å²) in [6, 6.07) is 44.5. The van der Waals surface area contributed by atoms with Crippen LogP contribution in [-0.4, -0.2) is 40.2 Å². The topological polar surface area (TPSA) is 140 Å². The Bertz CT molecular complexity index is 1340. The summed E-state index contributed by atoms with van der Waals surface area (Å²) in [5.41, 5.74) is 16.4. The number of aromatic carboxylic acids is 2. The zero-order valence-corrected chi connectivity index (χ0v) is 24.6. The Morgan fingerprint density at radius 1 is 0.545 bits per heavy atom. The van der Waals surface area contributed by atoms with Crippen molar-refractivity contribution in [1.29, 1.82) is 0 Å². The van der Waals surface area contributed by atoms with Crippen molar-refractivity contribution in [3.8, 4) is 0 Å². The Morgan fingerprint density at radius 3 is 1.16 bits per heavy atom. The monoisotopic (exact) mass is 589 g/mol. The minimum atomic E-state index is -1.24. The van der Waals surface area contributed by atoms with Crippen molar-refractivity contribution in [2.75, 3.05) is 13.1 Å². The molecule has 0 saturated heterocycles. The maximum Gasteiger partial charge on any atom is 0.354 e. The van der Waals surface area contributed by atoms with Gasteiger partial charge in [-0.3, -0.25) is 0 Å². The predicted octanol–water partition coefficient (Wildman–Crippen LogP) is 6.81. The number of hydrogen-bond acceptors (Lipinski definition) is 5. The number of carboxylic acid groups (broad SMARTS) is 2. The zero-order chi connectivity index (χ0) is 31.6. The average molecular weight is 590 g/mol. The molecule has 0 unspecified atom stereocenters. The second kappa shape index (κ2) is 18.4. The van der Waals surface area contributed by atoms with Crippen LogP contribution < -0.4 is 11.5 Å². The molecule has 0 aliphatic rings. The minimum Gasteiger partial charge on any atom is -0.478 e. The van der Waals surface area contributed by atoms with Crippen molar-refractivity contribution >= 4 is 11.9 Å². The fourth-order valence-corrected chi connectivity index (χ4v) is 4.81. The van der Waals surface area contributed by atoms with Crippen LogP contribution in [0.25, 0.3) is 0 Å². The van der Waals surface area contributed by atoms with Crippen molar-refractivity contribution < 1.29 is 19.8 Å². The zero-order valence-electron chi connectivity index (χ0n) is 24.6. The summed E-state index contributed by atoms with van der Waals surface area (Å²) < 4.78 is 0. The van der Waals surface area contributed by atoms with Crippen molar-refractivity contribution in [2.24, 2.45) is 11.5 Å². The summed E-state index contributed by atoms with van der Waals surface area (Å²) in [5.74, 6) is -1.56. The summed E-state index contributed by atoms with van der Waals surface area (Å²) >= 11 is 0. The number of nitrogens with two attached hydrogens (primary N) is 2. The van der Waals surface area contributed by atoms with Gasteiger partial charge in [-0.15, -0.1) is 0 Å². The van der Waals surface area contributed by atoms with Crippen molar-refractivity contribution in [1.82, 2.24) is 4.98 Å². The first kappa shape index (κ1) is 33.4. The Balaban J connectivity index is 0.000000183. The van der Waals surface area contributed by atoms with Crippen LogP contribution in [0.2, 0.25) is 0 Å². The maximum absolute atomic E-state index is 10.4. The number of hydrogen-bond donors (Lipinski definition) is 4. The number of aromatic nitrogens is 1. The van der Waals surface area contributed by atoms with E-state index in [9.17, 15) is 9.59 Å². The second-order valence-corrected chi connectivity index (χ2v) is 9.94. The van der Waals surface area contributed by atoms with E-state index in [4.69, 9.17) is 21.7 Å². The van der Waals surface area contributed by atoms with Gasteiger partial charge in [-0.25, -0.2) is 14.6 Å². The first-order chi connectivity index (χ1) is 21.4. The van der Waals surface area contributed by atoms with E-state index in [1.807, 2.05) is 24.3 Å². The lowest BCUT2D eigenvalue weighted by Crippen LogP contribution is -2.08. The van der Waals surface area contributed by atoms with Crippen LogP contribution in [0, 0.1) is 0 Å². The summed E-state index contributed by atoms with van der Waals surface area (Å²) in [4.78, 5) is 24.1. The molecule has 0 saturated carbocycles. The third-order valence-electron chi connectivity index (χ3n) is 6.94. The second-order valence-electron chi connectivity index (χ2n) is 9.94. The Hall–Kier alpha value is -5.11. The van der Waals surface area contributed by atoms with Crippen LogP contribution in [-0.2, 0) is 0 Å². The molecule has 5 rings (SSSR count). The molecule has 0 amide bonds. The van der Waals surface area contributed by atoms with Crippen LogP contribution >= 0.6 is 0 Å². The van der Waals surface area contributed by atoms with Gasteiger partial charge >= 0.3 is 11.9 Å². The lowest BCUT2D eigenvalue weighted by Gasteiger charge is -2.16. The molecule has 0 radical (unpaired) electrons. The number of rotatable bonds is 10. The normalized spacial score (nSPS) is 10.3. The van der Waals surface area contributed by atoms with Crippen molar-refractivity contribution in [3.63, 3.8) is 0 Å². The van der Waals surface area contributed by atoms with Crippen LogP contribution in [0.3, 0.4) is 0 Å². The molecule has 0 aliphatic carbocycles. The molecule has 0 atom stereocenters. The third-order valence-corrected chi connectivity index (χ3v) is 6.94. The van der Waals surface area contributed by atoms with Gasteiger partial charge in [0.1, 0.15) is 5.69 Å². The fourth-order valence-electron chi connectivity index (χ4n) is 4.81. The average Bonchev–Trinajstić information content (AvgIpc) is 3.08. The lowest BCUT2D eigenvalue weighted by atomic mass is 9.89. The highest BCUT2D eigenvalue weighted by Gasteiger charge is 2.13. The maximum atomic E-state index is 10.4. The predicted molar refractivity (Wildman–Crippen MR) is 175 cm³/mol. The molecule has 6 N–H and O–H groups in total. The third kappa shape index (κ3) is 10.6. The standard InChI is InChI=1S/2C15H17N.C7H5NO4/c2*16-12-11-15(13-7-3-1-4-8-13)14-9-5-2-6-10-14;9-6(10)4-1-2-8-5(3-4)7(11)12/h2*1-10,15H,11-12,16H2;1-3H,(H,9,10)(H,11,12). The Morgan fingerprint density at radius 2 is 0.886 bits per heavy atom. The molecular weight excluding hydrogens is 550 g/mol. The van der Waals surface area contributed by atoms with E-state index in [1.165, 1.54) is 28.3 Å². The van der Waals surface area contributed by atoms with Crippen molar-refractivity contribution in [2.45, 2.75) is 24.7 Å². The van der Waals surface area contributed by atoms with E-state index in [2.05, 4.69) is 102 Å². The summed E-state index contributed by atoms with van der Waals surface area (Å²) in [5, 5.41) is 16.9. The molecule has 7 nitrogen and oxygen atoms in total. The van der Waals surface area contributed by atoms with Crippen LogP contribution in [0.4, 0.5) is 0 Å². The van der Waals surface area contributed by atoms with Crippen molar-refractivity contribution in [3.05, 3.63) is 173 Å². The van der Waals surface area contributed by atoms with E-state index in [-0.39, 0.29) is 11.3 Å². The Labute approximate surface area is 258 Å². The molecule has 0 spiro atoms. The first-order valence-corrected chi connectivity index (χ1v) is 14.5. The van der Waals surface area contributed by atoms with E-state index < -0.39 is 11.9 Å². The highest BCUT2D eigenvalue weighted by atomic mass is 16.4. The molecule has 1 aromatic heterocycles. The van der Waals surface area contributed by atoms with Crippen LogP contribution in [0.1, 0.15) is 67.8 Å². The smallest absolute Gasteiger partial charge is 0.354 e. The molecule has 44 heavy (non-hydrogen) atoms. The number of benzene rings is 4. The molecule has 5 aromatic rings. The van der Waals surface area contributed by atoms with Crippen LogP contribution in [0.5, 0.6) is 0 Å². The van der Waals surface area contributed by atoms with Gasteiger partial charge < -0.3 is 21.7 Å². The van der Waals surface area contributed by atoms with E-state index in [1.54, 1.807) is 0 Å². The number of nitrogens with zero attached hydrogens (tertiary/aromatic N) is 1. The van der Waals surface area contributed by atoms with Crippen LogP contribution in [0.15, 0.2) is 140 Å². The SMILES string of the molecule is NCCC(c1ccccc1)c1ccccc1.NCCC(c1ccccc1)c1ccccc1.O=C(O)c1ccnc(C(=O)O)c1. The van der Waals surface area contributed by atoms with Gasteiger partial charge in [0.25, 0.3) is 0 Å². The molecule has 1 heterocycles. The molecular formula is C37H39N3O4. The molecule has 4 aromatic carbocycles. The molecule has 0 bridgehead atoms. The highest BCUT2D eigenvalue weighted by Crippen LogP contribution is 2.28. The number of carbonyl (C=O) groups is 2. The molecule has 0 aliphatic heterocycles. The summed E-state index contributed by atoms with van der Waals surface area (Å²) in [7, 11) is 0. The van der Waals surface area contributed by atoms with E-state index >= 15 is 0 Å². The number of carboxylic acids is 2. The Kier molecular flexibility index (Phi) is 14.0. The van der Waals surface area contributed by atoms with Gasteiger partial charge in [-0.05, 0) is 60.3 Å². The highest BCUT2D eigenvalue weighted by molar-refractivity contribution is 5.92. The molecule has 0 fully saturated rings. The lowest BCUT2D eigenvalue weighted by molar-refractivity contribution is 0.0690. The minimum absolute atomic E-state index is 0.0811. The fraction of sp³-hybridized carbons (Fsp3) is 0.162. The largest absolute Gasteiger partial charge is 0.478 e. The van der Waals surface area contributed by atoms with Gasteiger partial charge in [0, 0.05) is 18.0 Å². The summed E-state index contributed by atoms with van der Waals surface area (Å²) in [6.45, 7) is 1.43. The van der Waals surface area contributed by atoms with E-state index in [0.717, 1.165) is 25.1 Å². The summed E-state index contributed by atoms with van der Waals surface area (Å²) in [6.07, 6.45) is 3.13.